The first-order chi connectivity index (χ1) is 6.20. The molecular weight excluding hydrogens is 174 g/mol. The summed E-state index contributed by atoms with van der Waals surface area (Å²) in [6.45, 7) is 2.94. The SMILES string of the molecule is CC1OCCn2ncc([N+](=O)[O-])c21. The third-order valence-electron chi connectivity index (χ3n) is 2.11. The molecule has 2 heterocycles. The van der Waals surface area contributed by atoms with Crippen LogP contribution in [-0.4, -0.2) is 21.3 Å². The molecule has 1 aromatic rings. The molecule has 1 aliphatic heterocycles. The quantitative estimate of drug-likeness (QED) is 0.478. The van der Waals surface area contributed by atoms with Gasteiger partial charge in [0.15, 0.2) is 0 Å². The summed E-state index contributed by atoms with van der Waals surface area (Å²) in [4.78, 5) is 10.1. The number of hydrogen-bond acceptors (Lipinski definition) is 4. The highest BCUT2D eigenvalue weighted by molar-refractivity contribution is 5.35. The molecule has 0 aromatic carbocycles. The van der Waals surface area contributed by atoms with Crippen molar-refractivity contribution >= 4 is 5.69 Å². The zero-order valence-corrected chi connectivity index (χ0v) is 7.14. The van der Waals surface area contributed by atoms with E-state index in [1.807, 2.05) is 0 Å². The lowest BCUT2D eigenvalue weighted by Crippen LogP contribution is -2.20. The fourth-order valence-corrected chi connectivity index (χ4v) is 1.52. The first-order valence-electron chi connectivity index (χ1n) is 4.02. The van der Waals surface area contributed by atoms with Crippen molar-refractivity contribution in [3.63, 3.8) is 0 Å². The van der Waals surface area contributed by atoms with Gasteiger partial charge in [0.1, 0.15) is 18.0 Å². The molecule has 2 rings (SSSR count). The van der Waals surface area contributed by atoms with Crippen LogP contribution in [0.5, 0.6) is 0 Å². The van der Waals surface area contributed by atoms with Gasteiger partial charge in [0.25, 0.3) is 0 Å². The number of nitro groups is 1. The smallest absolute Gasteiger partial charge is 0.312 e. The largest absolute Gasteiger partial charge is 0.370 e. The van der Waals surface area contributed by atoms with Gasteiger partial charge in [0, 0.05) is 0 Å². The molecule has 0 fully saturated rings. The van der Waals surface area contributed by atoms with E-state index in [9.17, 15) is 10.1 Å². The summed E-state index contributed by atoms with van der Waals surface area (Å²) in [5.74, 6) is 0. The van der Waals surface area contributed by atoms with Crippen molar-refractivity contribution in [3.05, 3.63) is 22.0 Å². The fourth-order valence-electron chi connectivity index (χ4n) is 1.52. The fraction of sp³-hybridized carbons (Fsp3) is 0.571. The Morgan fingerprint density at radius 1 is 1.85 bits per heavy atom. The number of aromatic nitrogens is 2. The third kappa shape index (κ3) is 1.19. The molecule has 6 heteroatoms. The van der Waals surface area contributed by atoms with E-state index in [1.54, 1.807) is 11.6 Å². The average molecular weight is 183 g/mol. The second-order valence-electron chi connectivity index (χ2n) is 2.91. The van der Waals surface area contributed by atoms with Crippen LogP contribution in [0, 0.1) is 10.1 Å². The summed E-state index contributed by atoms with van der Waals surface area (Å²) in [5.41, 5.74) is 0.614. The standard InChI is InChI=1S/C7H9N3O3/c1-5-7-6(10(11)12)4-8-9(7)2-3-13-5/h4-5H,2-3H2,1H3. The van der Waals surface area contributed by atoms with Crippen LogP contribution in [0.25, 0.3) is 0 Å². The lowest BCUT2D eigenvalue weighted by molar-refractivity contribution is -0.386. The lowest BCUT2D eigenvalue weighted by Gasteiger charge is -2.19. The van der Waals surface area contributed by atoms with Crippen molar-refractivity contribution in [1.29, 1.82) is 0 Å². The second kappa shape index (κ2) is 2.81. The first kappa shape index (κ1) is 8.18. The Morgan fingerprint density at radius 3 is 3.31 bits per heavy atom. The lowest BCUT2D eigenvalue weighted by atomic mass is 10.2. The van der Waals surface area contributed by atoms with Crippen molar-refractivity contribution in [2.24, 2.45) is 0 Å². The number of nitrogens with zero attached hydrogens (tertiary/aromatic N) is 3. The maximum atomic E-state index is 10.6. The van der Waals surface area contributed by atoms with Crippen molar-refractivity contribution in [2.75, 3.05) is 6.61 Å². The molecule has 1 atom stereocenters. The minimum Gasteiger partial charge on any atom is -0.370 e. The molecule has 0 saturated carbocycles. The molecule has 6 nitrogen and oxygen atoms in total. The van der Waals surface area contributed by atoms with Gasteiger partial charge < -0.3 is 4.74 Å². The van der Waals surface area contributed by atoms with Crippen LogP contribution in [-0.2, 0) is 11.3 Å². The molecule has 1 aromatic heterocycles. The van der Waals surface area contributed by atoms with Crippen LogP contribution in [0.1, 0.15) is 18.7 Å². The van der Waals surface area contributed by atoms with Gasteiger partial charge >= 0.3 is 5.69 Å². The van der Waals surface area contributed by atoms with Crippen molar-refractivity contribution < 1.29 is 9.66 Å². The molecule has 0 aliphatic carbocycles. The highest BCUT2D eigenvalue weighted by Crippen LogP contribution is 2.29. The second-order valence-corrected chi connectivity index (χ2v) is 2.91. The number of hydrogen-bond donors (Lipinski definition) is 0. The van der Waals surface area contributed by atoms with Crippen molar-refractivity contribution in [3.8, 4) is 0 Å². The van der Waals surface area contributed by atoms with Gasteiger partial charge in [-0.05, 0) is 6.92 Å². The van der Waals surface area contributed by atoms with Crippen LogP contribution in [0.2, 0.25) is 0 Å². The summed E-state index contributed by atoms with van der Waals surface area (Å²) in [6.07, 6.45) is 1.04. The minimum atomic E-state index is -0.427. The Balaban J connectivity index is 2.50. The summed E-state index contributed by atoms with van der Waals surface area (Å²) in [5, 5.41) is 14.5. The van der Waals surface area contributed by atoms with Gasteiger partial charge in [-0.25, -0.2) is 0 Å². The molecule has 1 aliphatic rings. The summed E-state index contributed by atoms with van der Waals surface area (Å²) < 4.78 is 6.92. The van der Waals surface area contributed by atoms with Crippen LogP contribution in [0.4, 0.5) is 5.69 Å². The van der Waals surface area contributed by atoms with Gasteiger partial charge in [-0.1, -0.05) is 0 Å². The highest BCUT2D eigenvalue weighted by Gasteiger charge is 2.28. The van der Waals surface area contributed by atoms with E-state index in [2.05, 4.69) is 5.10 Å². The molecule has 70 valence electrons. The molecule has 0 bridgehead atoms. The third-order valence-corrected chi connectivity index (χ3v) is 2.11. The van der Waals surface area contributed by atoms with E-state index < -0.39 is 4.92 Å². The predicted molar refractivity (Wildman–Crippen MR) is 43.2 cm³/mol. The predicted octanol–water partition coefficient (Wildman–Crippen LogP) is 0.882. The van der Waals surface area contributed by atoms with Crippen LogP contribution in [0.15, 0.2) is 6.20 Å². The maximum absolute atomic E-state index is 10.6. The van der Waals surface area contributed by atoms with Crippen LogP contribution in [0.3, 0.4) is 0 Å². The van der Waals surface area contributed by atoms with Gasteiger partial charge in [0.05, 0.1) is 18.1 Å². The Hall–Kier alpha value is -1.43. The monoisotopic (exact) mass is 183 g/mol. The zero-order valence-electron chi connectivity index (χ0n) is 7.14. The van der Waals surface area contributed by atoms with Gasteiger partial charge in [0.2, 0.25) is 0 Å². The average Bonchev–Trinajstić information content (AvgIpc) is 2.49. The molecule has 13 heavy (non-hydrogen) atoms. The summed E-state index contributed by atoms with van der Waals surface area (Å²) >= 11 is 0. The maximum Gasteiger partial charge on any atom is 0.312 e. The Kier molecular flexibility index (Phi) is 1.77. The van der Waals surface area contributed by atoms with Crippen LogP contribution < -0.4 is 0 Å². The van der Waals surface area contributed by atoms with Crippen LogP contribution >= 0.6 is 0 Å². The van der Waals surface area contributed by atoms with Crippen molar-refractivity contribution in [1.82, 2.24) is 9.78 Å². The Labute approximate surface area is 74.3 Å². The Bertz CT molecular complexity index is 347. The first-order valence-corrected chi connectivity index (χ1v) is 4.02. The molecule has 0 radical (unpaired) electrons. The molecule has 0 saturated heterocycles. The molecule has 1 unspecified atom stereocenters. The highest BCUT2D eigenvalue weighted by atomic mass is 16.6. The Morgan fingerprint density at radius 2 is 2.62 bits per heavy atom. The van der Waals surface area contributed by atoms with E-state index in [0.29, 0.717) is 18.8 Å². The minimum absolute atomic E-state index is 0.0483. The molecular formula is C7H9N3O3. The van der Waals surface area contributed by atoms with Gasteiger partial charge in [-0.15, -0.1) is 0 Å². The number of rotatable bonds is 1. The van der Waals surface area contributed by atoms with E-state index in [4.69, 9.17) is 4.74 Å². The topological polar surface area (TPSA) is 70.2 Å². The van der Waals surface area contributed by atoms with Crippen molar-refractivity contribution in [2.45, 2.75) is 19.6 Å². The van der Waals surface area contributed by atoms with E-state index >= 15 is 0 Å². The van der Waals surface area contributed by atoms with E-state index in [1.165, 1.54) is 6.20 Å². The zero-order chi connectivity index (χ0) is 9.42. The molecule has 0 amide bonds. The van der Waals surface area contributed by atoms with Gasteiger partial charge in [-0.3, -0.25) is 14.8 Å². The van der Waals surface area contributed by atoms with E-state index in [-0.39, 0.29) is 11.8 Å². The van der Waals surface area contributed by atoms with E-state index in [0.717, 1.165) is 0 Å². The van der Waals surface area contributed by atoms with Gasteiger partial charge in [-0.2, -0.15) is 5.10 Å². The summed E-state index contributed by atoms with van der Waals surface area (Å²) in [7, 11) is 0. The molecule has 0 N–H and O–H groups in total. The molecule has 0 spiro atoms. The normalized spacial score (nSPS) is 21.2. The number of ether oxygens (including phenoxy) is 1. The number of fused-ring (bicyclic) bond motifs is 1. The summed E-state index contributed by atoms with van der Waals surface area (Å²) in [6, 6.07) is 0.